The predicted octanol–water partition coefficient (Wildman–Crippen LogP) is 2.53. The van der Waals surface area contributed by atoms with Gasteiger partial charge in [-0.2, -0.15) is 0 Å². The van der Waals surface area contributed by atoms with Crippen LogP contribution in [0.5, 0.6) is 11.5 Å². The summed E-state index contributed by atoms with van der Waals surface area (Å²) in [5, 5.41) is 20.8. The third-order valence-corrected chi connectivity index (χ3v) is 6.45. The van der Waals surface area contributed by atoms with Gasteiger partial charge in [-0.25, -0.2) is 0 Å². The van der Waals surface area contributed by atoms with E-state index in [1.54, 1.807) is 7.11 Å². The minimum Gasteiger partial charge on any atom is -0.504 e. The molecule has 3 unspecified atom stereocenters. The van der Waals surface area contributed by atoms with Crippen LogP contribution in [-0.2, 0) is 12.0 Å². The molecule has 1 saturated heterocycles. The Hall–Kier alpha value is -0.780. The van der Waals surface area contributed by atoms with Crippen LogP contribution in [0.15, 0.2) is 10.5 Å². The van der Waals surface area contributed by atoms with Crippen LogP contribution in [0.2, 0.25) is 0 Å². The number of halogens is 1. The van der Waals surface area contributed by atoms with E-state index in [2.05, 4.69) is 20.8 Å². The quantitative estimate of drug-likeness (QED) is 0.814. The van der Waals surface area contributed by atoms with E-state index in [0.717, 1.165) is 48.8 Å². The summed E-state index contributed by atoms with van der Waals surface area (Å²) < 4.78 is 6.37. The Labute approximate surface area is 132 Å². The van der Waals surface area contributed by atoms with E-state index in [0.29, 0.717) is 17.5 Å². The Morgan fingerprint density at radius 3 is 3.00 bits per heavy atom. The molecule has 4 atom stereocenters. The molecule has 3 aliphatic rings. The van der Waals surface area contributed by atoms with Gasteiger partial charge in [0.1, 0.15) is 0 Å². The van der Waals surface area contributed by atoms with Crippen molar-refractivity contribution in [2.75, 3.05) is 13.7 Å². The van der Waals surface area contributed by atoms with Gasteiger partial charge in [0.25, 0.3) is 0 Å². The van der Waals surface area contributed by atoms with Gasteiger partial charge in [0.05, 0.1) is 13.2 Å². The standard InChI is InChI=1S/C16H20BrNO3/c1-21-12-7-11(17)10-8-18-5-4-16(14(10)15(12)20)3-2-9(19)6-13(16)18/h7,9,13,19-20H,2-6,8H2,1H3/t9-,13?,16?/m1/s1. The molecule has 1 aromatic rings. The second-order valence-electron chi connectivity index (χ2n) is 6.58. The summed E-state index contributed by atoms with van der Waals surface area (Å²) in [5.41, 5.74) is 2.24. The van der Waals surface area contributed by atoms with Crippen molar-refractivity contribution in [1.82, 2.24) is 4.90 Å². The number of hydrogen-bond donors (Lipinski definition) is 2. The van der Waals surface area contributed by atoms with Gasteiger partial charge in [-0.05, 0) is 43.9 Å². The number of nitrogens with zero attached hydrogens (tertiary/aromatic N) is 1. The van der Waals surface area contributed by atoms with Gasteiger partial charge in [0, 0.05) is 28.0 Å². The normalized spacial score (nSPS) is 37.0. The SMILES string of the molecule is COc1cc(Br)c2c(c1O)C13CC[C@@H](O)CC1N(CC3)C2. The zero-order chi connectivity index (χ0) is 14.8. The van der Waals surface area contributed by atoms with E-state index in [4.69, 9.17) is 4.74 Å². The summed E-state index contributed by atoms with van der Waals surface area (Å²) in [5.74, 6) is 0.846. The zero-order valence-electron chi connectivity index (χ0n) is 12.1. The van der Waals surface area contributed by atoms with E-state index in [9.17, 15) is 10.2 Å². The molecule has 2 N–H and O–H groups in total. The van der Waals surface area contributed by atoms with Gasteiger partial charge in [-0.3, -0.25) is 4.90 Å². The fraction of sp³-hybridized carbons (Fsp3) is 0.625. The van der Waals surface area contributed by atoms with Crippen molar-refractivity contribution in [2.24, 2.45) is 0 Å². The Balaban J connectivity index is 1.94. The highest BCUT2D eigenvalue weighted by Crippen LogP contribution is 2.58. The van der Waals surface area contributed by atoms with Gasteiger partial charge in [0.15, 0.2) is 11.5 Å². The topological polar surface area (TPSA) is 52.9 Å². The number of aliphatic hydroxyl groups excluding tert-OH is 1. The number of aliphatic hydroxyl groups is 1. The van der Waals surface area contributed by atoms with Crippen LogP contribution in [0, 0.1) is 0 Å². The monoisotopic (exact) mass is 353 g/mol. The van der Waals surface area contributed by atoms with Crippen molar-refractivity contribution in [3.05, 3.63) is 21.7 Å². The molecule has 2 aliphatic heterocycles. The second-order valence-corrected chi connectivity index (χ2v) is 7.44. The maximum absolute atomic E-state index is 10.8. The van der Waals surface area contributed by atoms with Gasteiger partial charge >= 0.3 is 0 Å². The number of fused-ring (bicyclic) bond motifs is 1. The number of hydrogen-bond acceptors (Lipinski definition) is 4. The third-order valence-electron chi connectivity index (χ3n) is 5.74. The fourth-order valence-electron chi connectivity index (χ4n) is 4.79. The van der Waals surface area contributed by atoms with Gasteiger partial charge in [-0.1, -0.05) is 15.9 Å². The van der Waals surface area contributed by atoms with Gasteiger partial charge in [0.2, 0.25) is 0 Å². The maximum atomic E-state index is 10.8. The summed E-state index contributed by atoms with van der Waals surface area (Å²) in [6.07, 6.45) is 3.42. The first-order valence-electron chi connectivity index (χ1n) is 7.58. The van der Waals surface area contributed by atoms with Crippen molar-refractivity contribution in [3.63, 3.8) is 0 Å². The molecule has 1 saturated carbocycles. The molecule has 1 aromatic carbocycles. The first-order chi connectivity index (χ1) is 10.1. The third kappa shape index (κ3) is 1.74. The zero-order valence-corrected chi connectivity index (χ0v) is 13.7. The van der Waals surface area contributed by atoms with E-state index in [1.165, 1.54) is 5.56 Å². The summed E-state index contributed by atoms with van der Waals surface area (Å²) in [4.78, 5) is 2.47. The molecule has 0 amide bonds. The van der Waals surface area contributed by atoms with E-state index in [-0.39, 0.29) is 11.5 Å². The minimum absolute atomic E-state index is 0.0199. The summed E-state index contributed by atoms with van der Waals surface area (Å²) in [6.45, 7) is 1.88. The number of rotatable bonds is 1. The van der Waals surface area contributed by atoms with Crippen LogP contribution < -0.4 is 4.74 Å². The molecule has 0 spiro atoms. The molecular formula is C16H20BrNO3. The Morgan fingerprint density at radius 2 is 2.24 bits per heavy atom. The molecule has 0 aromatic heterocycles. The van der Waals surface area contributed by atoms with Crippen LogP contribution >= 0.6 is 15.9 Å². The average Bonchev–Trinajstić information content (AvgIpc) is 2.72. The number of ether oxygens (including phenoxy) is 1. The van der Waals surface area contributed by atoms with Crippen LogP contribution in [0.25, 0.3) is 0 Å². The molecule has 5 heteroatoms. The largest absolute Gasteiger partial charge is 0.504 e. The van der Waals surface area contributed by atoms with Crippen LogP contribution in [0.4, 0.5) is 0 Å². The number of aromatic hydroxyl groups is 1. The van der Waals surface area contributed by atoms with Crippen molar-refractivity contribution in [3.8, 4) is 11.5 Å². The molecule has 21 heavy (non-hydrogen) atoms. The molecular weight excluding hydrogens is 334 g/mol. The molecule has 114 valence electrons. The van der Waals surface area contributed by atoms with E-state index >= 15 is 0 Å². The lowest BCUT2D eigenvalue weighted by atomic mass is 9.63. The van der Waals surface area contributed by atoms with Crippen LogP contribution in [0.1, 0.15) is 36.8 Å². The lowest BCUT2D eigenvalue weighted by Crippen LogP contribution is -2.51. The number of benzene rings is 1. The predicted molar refractivity (Wildman–Crippen MR) is 82.7 cm³/mol. The lowest BCUT2D eigenvalue weighted by Gasteiger charge is -2.48. The molecule has 2 bridgehead atoms. The van der Waals surface area contributed by atoms with Crippen molar-refractivity contribution < 1.29 is 14.9 Å². The Morgan fingerprint density at radius 1 is 1.43 bits per heavy atom. The van der Waals surface area contributed by atoms with Crippen molar-refractivity contribution >= 4 is 15.9 Å². The highest BCUT2D eigenvalue weighted by atomic mass is 79.9. The molecule has 4 rings (SSSR count). The summed E-state index contributed by atoms with van der Waals surface area (Å²) in [6, 6.07) is 2.21. The van der Waals surface area contributed by atoms with Gasteiger partial charge < -0.3 is 14.9 Å². The van der Waals surface area contributed by atoms with Crippen LogP contribution in [-0.4, -0.2) is 40.9 Å². The highest BCUT2D eigenvalue weighted by molar-refractivity contribution is 9.10. The minimum atomic E-state index is -0.207. The summed E-state index contributed by atoms with van der Waals surface area (Å²) in [7, 11) is 1.59. The Bertz CT molecular complexity index is 606. The van der Waals surface area contributed by atoms with Gasteiger partial charge in [-0.15, -0.1) is 0 Å². The number of phenolic OH excluding ortho intramolecular Hbond substituents is 1. The maximum Gasteiger partial charge on any atom is 0.161 e. The molecule has 0 radical (unpaired) electrons. The average molecular weight is 354 g/mol. The first-order valence-corrected chi connectivity index (χ1v) is 8.37. The molecule has 1 aliphatic carbocycles. The van der Waals surface area contributed by atoms with Crippen molar-refractivity contribution in [1.29, 1.82) is 0 Å². The highest BCUT2D eigenvalue weighted by Gasteiger charge is 2.56. The summed E-state index contributed by atoms with van der Waals surface area (Å²) >= 11 is 3.65. The van der Waals surface area contributed by atoms with E-state index < -0.39 is 0 Å². The smallest absolute Gasteiger partial charge is 0.161 e. The molecule has 2 fully saturated rings. The number of methoxy groups -OCH3 is 1. The second kappa shape index (κ2) is 4.61. The van der Waals surface area contributed by atoms with Crippen LogP contribution in [0.3, 0.4) is 0 Å². The molecule has 2 heterocycles. The molecule has 4 nitrogen and oxygen atoms in total. The number of phenols is 1. The fourth-order valence-corrected chi connectivity index (χ4v) is 5.32. The van der Waals surface area contributed by atoms with E-state index in [1.807, 2.05) is 6.07 Å². The lowest BCUT2D eigenvalue weighted by molar-refractivity contribution is 0.0371. The Kier molecular flexibility index (Phi) is 3.04. The first kappa shape index (κ1) is 13.9. The van der Waals surface area contributed by atoms with Crippen molar-refractivity contribution in [2.45, 2.75) is 49.8 Å².